The number of hydrogen-bond donors (Lipinski definition) is 2. The molecule has 1 atom stereocenters. The first-order valence-electron chi connectivity index (χ1n) is 10.5. The van der Waals surface area contributed by atoms with Crippen LogP contribution >= 0.6 is 0 Å². The lowest BCUT2D eigenvalue weighted by Crippen LogP contribution is -2.49. The Balaban J connectivity index is 2.03. The smallest absolute Gasteiger partial charge is 0.408 e. The van der Waals surface area contributed by atoms with Crippen molar-refractivity contribution in [2.45, 2.75) is 18.9 Å². The molecule has 6 nitrogen and oxygen atoms in total. The zero-order valence-corrected chi connectivity index (χ0v) is 18.4. The van der Waals surface area contributed by atoms with Crippen LogP contribution in [0.4, 0.5) is 4.79 Å². The van der Waals surface area contributed by atoms with E-state index in [-0.39, 0.29) is 12.5 Å². The fourth-order valence-corrected chi connectivity index (χ4v) is 3.13. The van der Waals surface area contributed by atoms with Crippen LogP contribution < -0.4 is 11.1 Å². The van der Waals surface area contributed by atoms with E-state index in [0.29, 0.717) is 18.5 Å². The molecule has 6 heteroatoms. The summed E-state index contributed by atoms with van der Waals surface area (Å²) in [7, 11) is 1.74. The van der Waals surface area contributed by atoms with E-state index in [1.807, 2.05) is 60.7 Å². The molecule has 2 aromatic carbocycles. The zero-order valence-electron chi connectivity index (χ0n) is 18.4. The van der Waals surface area contributed by atoms with Crippen molar-refractivity contribution in [1.29, 1.82) is 0 Å². The topological polar surface area (TPSA) is 84.7 Å². The normalized spacial score (nSPS) is 12.2. The second-order valence-electron chi connectivity index (χ2n) is 7.29. The fourth-order valence-electron chi connectivity index (χ4n) is 3.13. The summed E-state index contributed by atoms with van der Waals surface area (Å²) in [6.45, 7) is 4.19. The summed E-state index contributed by atoms with van der Waals surface area (Å²) in [4.78, 5) is 27.2. The van der Waals surface area contributed by atoms with E-state index in [1.165, 1.54) is 6.20 Å². The van der Waals surface area contributed by atoms with Crippen LogP contribution in [0.3, 0.4) is 0 Å². The average Bonchev–Trinajstić information content (AvgIpc) is 2.81. The molecule has 0 saturated heterocycles. The number of amides is 2. The van der Waals surface area contributed by atoms with Crippen LogP contribution in [-0.4, -0.2) is 43.1 Å². The lowest BCUT2D eigenvalue weighted by Gasteiger charge is -2.25. The maximum Gasteiger partial charge on any atom is 0.408 e. The van der Waals surface area contributed by atoms with Crippen LogP contribution in [0.15, 0.2) is 97.2 Å². The van der Waals surface area contributed by atoms with Crippen LogP contribution in [0, 0.1) is 0 Å². The van der Waals surface area contributed by atoms with Crippen LogP contribution in [0.25, 0.3) is 0 Å². The highest BCUT2D eigenvalue weighted by Crippen LogP contribution is 2.08. The highest BCUT2D eigenvalue weighted by molar-refractivity contribution is 5.85. The summed E-state index contributed by atoms with van der Waals surface area (Å²) in [5.74, 6) is -0.176. The Hall–Kier alpha value is -3.80. The Morgan fingerprint density at radius 1 is 1.09 bits per heavy atom. The Morgan fingerprint density at radius 3 is 2.31 bits per heavy atom. The first-order chi connectivity index (χ1) is 15.5. The molecular formula is C26H31N3O3. The quantitative estimate of drug-likeness (QED) is 0.530. The minimum absolute atomic E-state index is 0.0155. The number of carbonyl (C=O) groups is 2. The highest BCUT2D eigenvalue weighted by Gasteiger charge is 2.25. The highest BCUT2D eigenvalue weighted by atomic mass is 16.5. The van der Waals surface area contributed by atoms with Crippen molar-refractivity contribution < 1.29 is 14.3 Å². The van der Waals surface area contributed by atoms with Gasteiger partial charge < -0.3 is 20.7 Å². The van der Waals surface area contributed by atoms with Crippen molar-refractivity contribution in [3.63, 3.8) is 0 Å². The van der Waals surface area contributed by atoms with E-state index in [9.17, 15) is 9.59 Å². The standard InChI is InChI=1S/C26H31N3O3/c1-3-10-23(15-17-27)20-32-26(31)28-24(19-22-13-8-5-9-14-22)25(30)29(2)18-16-21-11-6-4-7-12-21/h3-15,17,24H,1,16,18-20,27H2,2H3,(H,28,31)/b17-15-,23-10+/t24-/m0/s1. The maximum atomic E-state index is 13.2. The van der Waals surface area contributed by atoms with E-state index in [4.69, 9.17) is 10.5 Å². The van der Waals surface area contributed by atoms with Gasteiger partial charge in [0, 0.05) is 20.0 Å². The van der Waals surface area contributed by atoms with Crippen LogP contribution in [0.1, 0.15) is 11.1 Å². The SMILES string of the molecule is C=C/C=C(\C=C/N)COC(=O)N[C@@H](Cc1ccccc1)C(=O)N(C)CCc1ccccc1. The number of likely N-dealkylation sites (N-methyl/N-ethyl adjacent to an activating group) is 1. The summed E-state index contributed by atoms with van der Waals surface area (Å²) in [5, 5.41) is 2.72. The number of nitrogens with one attached hydrogen (secondary N) is 1. The molecule has 0 aromatic heterocycles. The predicted octanol–water partition coefficient (Wildman–Crippen LogP) is 3.61. The molecular weight excluding hydrogens is 402 g/mol. The van der Waals surface area contributed by atoms with Gasteiger partial charge in [-0.3, -0.25) is 4.79 Å². The molecule has 0 fully saturated rings. The molecule has 0 aliphatic heterocycles. The van der Waals surface area contributed by atoms with E-state index < -0.39 is 12.1 Å². The zero-order chi connectivity index (χ0) is 23.2. The molecule has 0 radical (unpaired) electrons. The molecule has 2 amide bonds. The number of nitrogens with two attached hydrogens (primary N) is 1. The molecule has 0 aliphatic carbocycles. The van der Waals surface area contributed by atoms with Gasteiger partial charge in [-0.25, -0.2) is 4.79 Å². The average molecular weight is 434 g/mol. The summed E-state index contributed by atoms with van der Waals surface area (Å²) >= 11 is 0. The second kappa shape index (κ2) is 13.5. The van der Waals surface area contributed by atoms with Crippen molar-refractivity contribution in [2.75, 3.05) is 20.2 Å². The van der Waals surface area contributed by atoms with Gasteiger partial charge in [-0.1, -0.05) is 79.4 Å². The van der Waals surface area contributed by atoms with Crippen molar-refractivity contribution in [3.05, 3.63) is 108 Å². The molecule has 168 valence electrons. The Kier molecular flexibility index (Phi) is 10.3. The number of rotatable bonds is 11. The van der Waals surface area contributed by atoms with Crippen molar-refractivity contribution >= 4 is 12.0 Å². The van der Waals surface area contributed by atoms with Gasteiger partial charge in [0.15, 0.2) is 0 Å². The van der Waals surface area contributed by atoms with Crippen molar-refractivity contribution in [1.82, 2.24) is 10.2 Å². The molecule has 0 saturated carbocycles. The summed E-state index contributed by atoms with van der Waals surface area (Å²) in [5.41, 5.74) is 8.19. The molecule has 0 spiro atoms. The third-order valence-corrected chi connectivity index (χ3v) is 4.84. The summed E-state index contributed by atoms with van der Waals surface area (Å²) in [6, 6.07) is 18.8. The molecule has 2 rings (SSSR count). The Bertz CT molecular complexity index is 924. The lowest BCUT2D eigenvalue weighted by molar-refractivity contribution is -0.132. The van der Waals surface area contributed by atoms with E-state index >= 15 is 0 Å². The monoisotopic (exact) mass is 433 g/mol. The number of nitrogens with zero attached hydrogens (tertiary/aromatic N) is 1. The third kappa shape index (κ3) is 8.52. The molecule has 2 aromatic rings. The number of ether oxygens (including phenoxy) is 1. The third-order valence-electron chi connectivity index (χ3n) is 4.84. The molecule has 3 N–H and O–H groups in total. The fraction of sp³-hybridized carbons (Fsp3) is 0.231. The molecule has 0 bridgehead atoms. The molecule has 0 heterocycles. The number of benzene rings is 2. The van der Waals surface area contributed by atoms with Crippen LogP contribution in [-0.2, 0) is 22.4 Å². The van der Waals surface area contributed by atoms with Crippen LogP contribution in [0.5, 0.6) is 0 Å². The Labute approximate surface area is 190 Å². The van der Waals surface area contributed by atoms with E-state index in [2.05, 4.69) is 11.9 Å². The largest absolute Gasteiger partial charge is 0.445 e. The number of alkyl carbamates (subject to hydrolysis) is 1. The molecule has 0 aliphatic rings. The predicted molar refractivity (Wildman–Crippen MR) is 128 cm³/mol. The number of allylic oxidation sites excluding steroid dienone is 2. The molecule has 0 unspecified atom stereocenters. The molecule has 32 heavy (non-hydrogen) atoms. The first-order valence-corrected chi connectivity index (χ1v) is 10.5. The van der Waals surface area contributed by atoms with Crippen LogP contribution in [0.2, 0.25) is 0 Å². The van der Waals surface area contributed by atoms with Gasteiger partial charge in [0.1, 0.15) is 12.6 Å². The summed E-state index contributed by atoms with van der Waals surface area (Å²) in [6.07, 6.45) is 6.69. The Morgan fingerprint density at radius 2 is 1.72 bits per heavy atom. The van der Waals surface area contributed by atoms with Gasteiger partial charge in [-0.2, -0.15) is 0 Å². The van der Waals surface area contributed by atoms with Gasteiger partial charge >= 0.3 is 6.09 Å². The minimum atomic E-state index is -0.748. The van der Waals surface area contributed by atoms with Gasteiger partial charge in [-0.15, -0.1) is 0 Å². The van der Waals surface area contributed by atoms with Gasteiger partial charge in [-0.05, 0) is 35.4 Å². The van der Waals surface area contributed by atoms with Gasteiger partial charge in [0.25, 0.3) is 0 Å². The lowest BCUT2D eigenvalue weighted by atomic mass is 10.0. The van der Waals surface area contributed by atoms with E-state index in [1.54, 1.807) is 30.2 Å². The second-order valence-corrected chi connectivity index (χ2v) is 7.29. The van der Waals surface area contributed by atoms with Gasteiger partial charge in [0.05, 0.1) is 0 Å². The number of carbonyl (C=O) groups excluding carboxylic acids is 2. The summed E-state index contributed by atoms with van der Waals surface area (Å²) < 4.78 is 5.29. The first kappa shape index (κ1) is 24.5. The number of hydrogen-bond acceptors (Lipinski definition) is 4. The van der Waals surface area contributed by atoms with Crippen molar-refractivity contribution in [2.24, 2.45) is 5.73 Å². The van der Waals surface area contributed by atoms with Crippen molar-refractivity contribution in [3.8, 4) is 0 Å². The van der Waals surface area contributed by atoms with Gasteiger partial charge in [0.2, 0.25) is 5.91 Å². The maximum absolute atomic E-state index is 13.2. The minimum Gasteiger partial charge on any atom is -0.445 e. The van der Waals surface area contributed by atoms with E-state index in [0.717, 1.165) is 17.5 Å².